The van der Waals surface area contributed by atoms with Crippen molar-refractivity contribution in [2.24, 2.45) is 0 Å². The van der Waals surface area contributed by atoms with Crippen molar-refractivity contribution in [3.63, 3.8) is 0 Å². The molecule has 0 spiro atoms. The van der Waals surface area contributed by atoms with Crippen LogP contribution in [0.15, 0.2) is 60.7 Å². The Bertz CT molecular complexity index is 1330. The van der Waals surface area contributed by atoms with Crippen LogP contribution in [0.4, 0.5) is 0 Å². The van der Waals surface area contributed by atoms with E-state index in [9.17, 15) is 9.90 Å². The zero-order valence-corrected chi connectivity index (χ0v) is 18.3. The van der Waals surface area contributed by atoms with Crippen LogP contribution in [0, 0.1) is 20.8 Å². The van der Waals surface area contributed by atoms with E-state index in [4.69, 9.17) is 14.8 Å². The van der Waals surface area contributed by atoms with Crippen LogP contribution in [-0.2, 0) is 11.2 Å². The molecule has 0 unspecified atom stereocenters. The number of carboxylic acid groups (broad SMARTS) is 1. The molecule has 3 aromatic carbocycles. The minimum Gasteiger partial charge on any atom is -0.506 e. The van der Waals surface area contributed by atoms with Crippen molar-refractivity contribution in [3.8, 4) is 22.8 Å². The van der Waals surface area contributed by atoms with E-state index in [-0.39, 0.29) is 12.4 Å². The second-order valence-corrected chi connectivity index (χ2v) is 8.01. The Morgan fingerprint density at radius 2 is 1.69 bits per heavy atom. The van der Waals surface area contributed by atoms with Crippen molar-refractivity contribution in [1.82, 2.24) is 4.98 Å². The first-order chi connectivity index (χ1) is 15.3. The molecule has 0 aliphatic heterocycles. The molecular formula is C27H25NO4. The lowest BCUT2D eigenvalue weighted by Gasteiger charge is -2.17. The van der Waals surface area contributed by atoms with Crippen molar-refractivity contribution in [2.75, 3.05) is 6.61 Å². The highest BCUT2D eigenvalue weighted by Crippen LogP contribution is 2.32. The molecule has 1 heterocycles. The van der Waals surface area contributed by atoms with Gasteiger partial charge in [0, 0.05) is 17.7 Å². The molecule has 0 bridgehead atoms. The quantitative estimate of drug-likeness (QED) is 0.419. The Balaban J connectivity index is 1.68. The van der Waals surface area contributed by atoms with E-state index in [1.807, 2.05) is 69.3 Å². The summed E-state index contributed by atoms with van der Waals surface area (Å²) in [5, 5.41) is 21.6. The number of pyridine rings is 1. The molecule has 0 saturated carbocycles. The van der Waals surface area contributed by atoms with Gasteiger partial charge in [-0.2, -0.15) is 0 Å². The number of aryl methyl sites for hydroxylation is 1. The molecule has 5 nitrogen and oxygen atoms in total. The van der Waals surface area contributed by atoms with Gasteiger partial charge in [-0.25, -0.2) is 9.78 Å². The number of benzene rings is 3. The van der Waals surface area contributed by atoms with Gasteiger partial charge in [-0.15, -0.1) is 0 Å². The number of aromatic nitrogens is 1. The third-order valence-electron chi connectivity index (χ3n) is 5.87. The van der Waals surface area contributed by atoms with Gasteiger partial charge < -0.3 is 14.9 Å². The summed E-state index contributed by atoms with van der Waals surface area (Å²) in [6, 6.07) is 19.6. The Morgan fingerprint density at radius 3 is 2.44 bits per heavy atom. The fourth-order valence-corrected chi connectivity index (χ4v) is 3.98. The van der Waals surface area contributed by atoms with Crippen molar-refractivity contribution in [2.45, 2.75) is 27.2 Å². The number of ether oxygens (including phenoxy) is 1. The van der Waals surface area contributed by atoms with Crippen molar-refractivity contribution in [1.29, 1.82) is 0 Å². The van der Waals surface area contributed by atoms with Gasteiger partial charge in [-0.3, -0.25) is 0 Å². The molecule has 32 heavy (non-hydrogen) atoms. The number of carbonyl (C=O) groups is 1. The van der Waals surface area contributed by atoms with E-state index in [0.717, 1.165) is 44.3 Å². The smallest absolute Gasteiger partial charge is 0.341 e. The zero-order valence-electron chi connectivity index (χ0n) is 18.3. The van der Waals surface area contributed by atoms with E-state index in [2.05, 4.69) is 6.07 Å². The summed E-state index contributed by atoms with van der Waals surface area (Å²) >= 11 is 0. The van der Waals surface area contributed by atoms with Gasteiger partial charge in [0.2, 0.25) is 0 Å². The van der Waals surface area contributed by atoms with Gasteiger partial charge in [-0.1, -0.05) is 36.4 Å². The number of aromatic hydroxyl groups is 1. The lowest BCUT2D eigenvalue weighted by atomic mass is 9.93. The molecule has 4 rings (SSSR count). The molecule has 2 N–H and O–H groups in total. The predicted octanol–water partition coefficient (Wildman–Crippen LogP) is 5.59. The number of hydrogen-bond acceptors (Lipinski definition) is 4. The molecule has 5 heteroatoms. The van der Waals surface area contributed by atoms with E-state index in [1.54, 1.807) is 6.07 Å². The van der Waals surface area contributed by atoms with Crippen molar-refractivity contribution in [3.05, 3.63) is 88.6 Å². The topological polar surface area (TPSA) is 79.7 Å². The Morgan fingerprint density at radius 1 is 0.938 bits per heavy atom. The summed E-state index contributed by atoms with van der Waals surface area (Å²) in [6.07, 6.45) is 0.596. The predicted molar refractivity (Wildman–Crippen MR) is 125 cm³/mol. The highest BCUT2D eigenvalue weighted by molar-refractivity contribution is 5.87. The summed E-state index contributed by atoms with van der Waals surface area (Å²) in [6.45, 7) is 5.56. The first-order valence-electron chi connectivity index (χ1n) is 10.5. The van der Waals surface area contributed by atoms with Gasteiger partial charge in [0.1, 0.15) is 17.2 Å². The number of fused-ring (bicyclic) bond motifs is 1. The van der Waals surface area contributed by atoms with Crippen LogP contribution in [0.5, 0.6) is 11.5 Å². The van der Waals surface area contributed by atoms with Crippen LogP contribution in [0.1, 0.15) is 27.9 Å². The molecule has 0 fully saturated rings. The van der Waals surface area contributed by atoms with Gasteiger partial charge in [0.15, 0.2) is 6.61 Å². The Hall–Kier alpha value is -3.86. The third kappa shape index (κ3) is 4.28. The van der Waals surface area contributed by atoms with Crippen LogP contribution >= 0.6 is 0 Å². The standard InChI is InChI=1S/C27H25NO4/c1-16-12-25(32-15-26(30)31)18(3)17(2)23(16)14-22-10-11-24(29)27(28-22)21-9-8-19-6-4-5-7-20(19)13-21/h4-13,29H,14-15H2,1-3H3,(H,30,31). The summed E-state index contributed by atoms with van der Waals surface area (Å²) in [5.41, 5.74) is 6.36. The normalized spacial score (nSPS) is 11.0. The average molecular weight is 428 g/mol. The number of rotatable bonds is 6. The van der Waals surface area contributed by atoms with Crippen molar-refractivity contribution < 1.29 is 19.7 Å². The second kappa shape index (κ2) is 8.71. The van der Waals surface area contributed by atoms with Crippen LogP contribution in [-0.4, -0.2) is 27.8 Å². The summed E-state index contributed by atoms with van der Waals surface area (Å²) < 4.78 is 5.44. The molecule has 0 amide bonds. The SMILES string of the molecule is Cc1cc(OCC(=O)O)c(C)c(C)c1Cc1ccc(O)c(-c2ccc3ccccc3c2)n1. The fourth-order valence-electron chi connectivity index (χ4n) is 3.98. The molecule has 162 valence electrons. The Kier molecular flexibility index (Phi) is 5.82. The minimum atomic E-state index is -1.00. The summed E-state index contributed by atoms with van der Waals surface area (Å²) in [5.74, 6) is -0.272. The van der Waals surface area contributed by atoms with E-state index >= 15 is 0 Å². The van der Waals surface area contributed by atoms with Crippen molar-refractivity contribution >= 4 is 16.7 Å². The molecule has 0 saturated heterocycles. The lowest BCUT2D eigenvalue weighted by molar-refractivity contribution is -0.139. The summed E-state index contributed by atoms with van der Waals surface area (Å²) in [7, 11) is 0. The van der Waals surface area contributed by atoms with E-state index < -0.39 is 5.97 Å². The van der Waals surface area contributed by atoms with Gasteiger partial charge in [0.25, 0.3) is 0 Å². The minimum absolute atomic E-state index is 0.145. The largest absolute Gasteiger partial charge is 0.506 e. The second-order valence-electron chi connectivity index (χ2n) is 8.01. The van der Waals surface area contributed by atoms with Gasteiger partial charge in [-0.05, 0) is 78.1 Å². The lowest BCUT2D eigenvalue weighted by Crippen LogP contribution is -2.11. The molecule has 4 aromatic rings. The monoisotopic (exact) mass is 427 g/mol. The first kappa shape index (κ1) is 21.4. The van der Waals surface area contributed by atoms with Gasteiger partial charge >= 0.3 is 5.97 Å². The molecule has 1 aromatic heterocycles. The fraction of sp³-hybridized carbons (Fsp3) is 0.185. The van der Waals surface area contributed by atoms with E-state index in [0.29, 0.717) is 17.9 Å². The molecule has 0 aliphatic carbocycles. The zero-order chi connectivity index (χ0) is 22.8. The van der Waals surface area contributed by atoms with Crippen LogP contribution in [0.2, 0.25) is 0 Å². The number of nitrogens with zero attached hydrogens (tertiary/aromatic N) is 1. The molecule has 0 atom stereocenters. The maximum atomic E-state index is 10.9. The number of carboxylic acids is 1. The van der Waals surface area contributed by atoms with Crippen LogP contribution in [0.3, 0.4) is 0 Å². The third-order valence-corrected chi connectivity index (χ3v) is 5.87. The molecule has 0 radical (unpaired) electrons. The van der Waals surface area contributed by atoms with Crippen LogP contribution in [0.25, 0.3) is 22.0 Å². The molecular weight excluding hydrogens is 402 g/mol. The number of aliphatic carboxylic acids is 1. The maximum Gasteiger partial charge on any atom is 0.341 e. The van der Waals surface area contributed by atoms with Gasteiger partial charge in [0.05, 0.1) is 0 Å². The first-order valence-corrected chi connectivity index (χ1v) is 10.5. The highest BCUT2D eigenvalue weighted by atomic mass is 16.5. The van der Waals surface area contributed by atoms with Crippen LogP contribution < -0.4 is 4.74 Å². The molecule has 0 aliphatic rings. The maximum absolute atomic E-state index is 10.9. The Labute approximate surface area is 187 Å². The summed E-state index contributed by atoms with van der Waals surface area (Å²) in [4.78, 5) is 15.6. The number of hydrogen-bond donors (Lipinski definition) is 2. The average Bonchev–Trinajstić information content (AvgIpc) is 2.78. The highest BCUT2D eigenvalue weighted by Gasteiger charge is 2.15. The van der Waals surface area contributed by atoms with E-state index in [1.165, 1.54) is 0 Å².